The third kappa shape index (κ3) is 3.83. The van der Waals surface area contributed by atoms with Crippen LogP contribution in [0.25, 0.3) is 0 Å². The molecule has 1 aromatic rings. The minimum absolute atomic E-state index is 0.0438. The third-order valence-corrected chi connectivity index (χ3v) is 5.74. The van der Waals surface area contributed by atoms with E-state index in [1.165, 1.54) is 11.3 Å². The first-order valence-electron chi connectivity index (χ1n) is 6.94. The summed E-state index contributed by atoms with van der Waals surface area (Å²) in [6.07, 6.45) is 1.90. The fourth-order valence-corrected chi connectivity index (χ4v) is 4.69. The average Bonchev–Trinajstić information content (AvgIpc) is 2.54. The molecule has 2 N–H and O–H groups in total. The molecule has 1 saturated heterocycles. The van der Waals surface area contributed by atoms with E-state index in [1.54, 1.807) is 0 Å². The SMILES string of the molecule is Cc1cc(C(=O)NC2CC(C)(C)NC(C)(C)C2)sc1Br. The fraction of sp³-hybridized carbons (Fsp3) is 0.667. The molecule has 0 bridgehead atoms. The number of hydrogen-bond donors (Lipinski definition) is 2. The molecule has 1 amide bonds. The summed E-state index contributed by atoms with van der Waals surface area (Å²) in [5.74, 6) is 0.0438. The largest absolute Gasteiger partial charge is 0.348 e. The Morgan fingerprint density at radius 3 is 2.35 bits per heavy atom. The van der Waals surface area contributed by atoms with E-state index in [-0.39, 0.29) is 23.0 Å². The Labute approximate surface area is 133 Å². The molecule has 2 heterocycles. The van der Waals surface area contributed by atoms with Crippen LogP contribution in [0.4, 0.5) is 0 Å². The molecule has 1 aromatic heterocycles. The lowest BCUT2D eigenvalue weighted by molar-refractivity contribution is 0.0877. The second-order valence-corrected chi connectivity index (χ2v) is 9.41. The predicted octanol–water partition coefficient (Wildman–Crippen LogP) is 3.86. The maximum Gasteiger partial charge on any atom is 0.261 e. The highest BCUT2D eigenvalue weighted by Gasteiger charge is 2.38. The van der Waals surface area contributed by atoms with Crippen LogP contribution in [0.2, 0.25) is 0 Å². The van der Waals surface area contributed by atoms with Crippen LogP contribution in [0, 0.1) is 6.92 Å². The molecule has 3 nitrogen and oxygen atoms in total. The van der Waals surface area contributed by atoms with Crippen LogP contribution in [0.1, 0.15) is 55.8 Å². The number of nitrogens with one attached hydrogen (secondary N) is 2. The summed E-state index contributed by atoms with van der Waals surface area (Å²) < 4.78 is 1.04. The highest BCUT2D eigenvalue weighted by Crippen LogP contribution is 2.30. The van der Waals surface area contributed by atoms with Crippen molar-refractivity contribution in [1.29, 1.82) is 0 Å². The van der Waals surface area contributed by atoms with Gasteiger partial charge in [-0.2, -0.15) is 0 Å². The van der Waals surface area contributed by atoms with Crippen molar-refractivity contribution in [2.24, 2.45) is 0 Å². The Balaban J connectivity index is 2.07. The van der Waals surface area contributed by atoms with Gasteiger partial charge in [0.15, 0.2) is 0 Å². The lowest BCUT2D eigenvalue weighted by Gasteiger charge is -2.46. The number of thiophene rings is 1. The molecular formula is C15H23BrN2OS. The Hall–Kier alpha value is -0.390. The minimum atomic E-state index is 0.0438. The molecule has 1 aliphatic heterocycles. The van der Waals surface area contributed by atoms with E-state index in [4.69, 9.17) is 0 Å². The first kappa shape index (κ1) is 16.0. The van der Waals surface area contributed by atoms with Crippen LogP contribution >= 0.6 is 27.3 Å². The zero-order valence-electron chi connectivity index (χ0n) is 12.8. The molecule has 112 valence electrons. The predicted molar refractivity (Wildman–Crippen MR) is 88.5 cm³/mol. The molecule has 0 spiro atoms. The number of amides is 1. The lowest BCUT2D eigenvalue weighted by Crippen LogP contribution is -2.62. The van der Waals surface area contributed by atoms with E-state index in [2.05, 4.69) is 54.3 Å². The molecule has 0 aromatic carbocycles. The molecule has 0 saturated carbocycles. The van der Waals surface area contributed by atoms with Crippen molar-refractivity contribution in [3.63, 3.8) is 0 Å². The summed E-state index contributed by atoms with van der Waals surface area (Å²) in [6, 6.07) is 2.16. The van der Waals surface area contributed by atoms with Gasteiger partial charge in [0.2, 0.25) is 0 Å². The molecule has 0 unspecified atom stereocenters. The molecule has 1 aliphatic rings. The first-order chi connectivity index (χ1) is 9.08. The third-order valence-electron chi connectivity index (χ3n) is 3.61. The highest BCUT2D eigenvalue weighted by atomic mass is 79.9. The topological polar surface area (TPSA) is 41.1 Å². The van der Waals surface area contributed by atoms with Crippen LogP contribution in [0.3, 0.4) is 0 Å². The Kier molecular flexibility index (Phi) is 4.34. The summed E-state index contributed by atoms with van der Waals surface area (Å²) in [4.78, 5) is 13.1. The van der Waals surface area contributed by atoms with Gasteiger partial charge < -0.3 is 10.6 Å². The minimum Gasteiger partial charge on any atom is -0.348 e. The van der Waals surface area contributed by atoms with Gasteiger partial charge in [-0.3, -0.25) is 4.79 Å². The number of carbonyl (C=O) groups is 1. The van der Waals surface area contributed by atoms with Gasteiger partial charge in [-0.25, -0.2) is 0 Å². The summed E-state index contributed by atoms with van der Waals surface area (Å²) in [5.41, 5.74) is 1.21. The van der Waals surface area contributed by atoms with Crippen LogP contribution in [-0.4, -0.2) is 23.0 Å². The molecular weight excluding hydrogens is 336 g/mol. The number of carbonyl (C=O) groups excluding carboxylic acids is 1. The lowest BCUT2D eigenvalue weighted by atomic mass is 9.79. The van der Waals surface area contributed by atoms with E-state index in [0.29, 0.717) is 0 Å². The molecule has 0 aliphatic carbocycles. The number of rotatable bonds is 2. The molecule has 5 heteroatoms. The van der Waals surface area contributed by atoms with Gasteiger partial charge in [-0.1, -0.05) is 0 Å². The summed E-state index contributed by atoms with van der Waals surface area (Å²) >= 11 is 4.97. The smallest absolute Gasteiger partial charge is 0.261 e. The maximum atomic E-state index is 12.4. The molecule has 1 fully saturated rings. The first-order valence-corrected chi connectivity index (χ1v) is 8.55. The summed E-state index contributed by atoms with van der Waals surface area (Å²) in [6.45, 7) is 10.8. The standard InChI is InChI=1S/C15H23BrN2OS/c1-9-6-11(20-12(9)16)13(19)17-10-7-14(2,3)18-15(4,5)8-10/h6,10,18H,7-8H2,1-5H3,(H,17,19). The maximum absolute atomic E-state index is 12.4. The zero-order valence-corrected chi connectivity index (χ0v) is 15.2. The number of aryl methyl sites for hydroxylation is 1. The Morgan fingerprint density at radius 2 is 1.90 bits per heavy atom. The number of piperidine rings is 1. The monoisotopic (exact) mass is 358 g/mol. The van der Waals surface area contributed by atoms with E-state index < -0.39 is 0 Å². The fourth-order valence-electron chi connectivity index (χ4n) is 3.25. The highest BCUT2D eigenvalue weighted by molar-refractivity contribution is 9.11. The Bertz CT molecular complexity index is 486. The van der Waals surface area contributed by atoms with Gasteiger partial charge in [-0.05, 0) is 75.0 Å². The van der Waals surface area contributed by atoms with Crippen molar-refractivity contribution < 1.29 is 4.79 Å². The van der Waals surface area contributed by atoms with Crippen molar-refractivity contribution in [3.05, 3.63) is 20.3 Å². The normalized spacial score (nSPS) is 21.7. The molecule has 0 atom stereocenters. The van der Waals surface area contributed by atoms with Crippen molar-refractivity contribution in [1.82, 2.24) is 10.6 Å². The van der Waals surface area contributed by atoms with Gasteiger partial charge in [0, 0.05) is 17.1 Å². The van der Waals surface area contributed by atoms with Crippen molar-refractivity contribution in [2.75, 3.05) is 0 Å². The van der Waals surface area contributed by atoms with Crippen molar-refractivity contribution >= 4 is 33.2 Å². The van der Waals surface area contributed by atoms with Crippen molar-refractivity contribution in [2.45, 2.75) is 64.6 Å². The molecule has 20 heavy (non-hydrogen) atoms. The van der Waals surface area contributed by atoms with E-state index in [9.17, 15) is 4.79 Å². The van der Waals surface area contributed by atoms with Crippen LogP contribution in [-0.2, 0) is 0 Å². The average molecular weight is 359 g/mol. The summed E-state index contributed by atoms with van der Waals surface area (Å²) in [5, 5.41) is 6.83. The van der Waals surface area contributed by atoms with Gasteiger partial charge in [0.1, 0.15) is 0 Å². The summed E-state index contributed by atoms with van der Waals surface area (Å²) in [7, 11) is 0. The second kappa shape index (κ2) is 5.43. The van der Waals surface area contributed by atoms with E-state index in [1.807, 2.05) is 13.0 Å². The Morgan fingerprint density at radius 1 is 1.35 bits per heavy atom. The van der Waals surface area contributed by atoms with Gasteiger partial charge in [-0.15, -0.1) is 11.3 Å². The molecule has 2 rings (SSSR count). The zero-order chi connectivity index (χ0) is 15.1. The quantitative estimate of drug-likeness (QED) is 0.842. The van der Waals surface area contributed by atoms with Gasteiger partial charge >= 0.3 is 0 Å². The van der Waals surface area contributed by atoms with Crippen molar-refractivity contribution in [3.8, 4) is 0 Å². The van der Waals surface area contributed by atoms with E-state index in [0.717, 1.165) is 27.1 Å². The van der Waals surface area contributed by atoms with Crippen LogP contribution in [0.15, 0.2) is 9.85 Å². The van der Waals surface area contributed by atoms with E-state index >= 15 is 0 Å². The number of halogens is 1. The number of hydrogen-bond acceptors (Lipinski definition) is 3. The van der Waals surface area contributed by atoms with Crippen LogP contribution in [0.5, 0.6) is 0 Å². The van der Waals surface area contributed by atoms with Gasteiger partial charge in [0.25, 0.3) is 5.91 Å². The second-order valence-electron chi connectivity index (χ2n) is 7.04. The molecule has 0 radical (unpaired) electrons. The van der Waals surface area contributed by atoms with Gasteiger partial charge in [0.05, 0.1) is 8.66 Å². The van der Waals surface area contributed by atoms with Crippen LogP contribution < -0.4 is 10.6 Å².